The third kappa shape index (κ3) is 6.07. The standard InChI is InChI=1S/C10H25N4/c1-11-5-8-14(4,9-6-12-2)10-7-13-3/h12-13H,1,5-10H2,2-4H3/q+1/p+1. The molecule has 0 heterocycles. The van der Waals surface area contributed by atoms with Crippen molar-refractivity contribution in [2.45, 2.75) is 0 Å². The van der Waals surface area contributed by atoms with E-state index in [-0.39, 0.29) is 0 Å². The van der Waals surface area contributed by atoms with Crippen molar-refractivity contribution in [2.24, 2.45) is 0 Å². The Bertz CT molecular complexity index is 139. The highest BCUT2D eigenvalue weighted by Gasteiger charge is 2.20. The highest BCUT2D eigenvalue weighted by Crippen LogP contribution is 1.98. The maximum atomic E-state index is 3.66. The molecule has 0 aliphatic heterocycles. The van der Waals surface area contributed by atoms with Crippen molar-refractivity contribution in [1.29, 1.82) is 0 Å². The smallest absolute Gasteiger partial charge is 0.188 e. The van der Waals surface area contributed by atoms with Gasteiger partial charge in [-0.25, -0.2) is 4.99 Å². The highest BCUT2D eigenvalue weighted by molar-refractivity contribution is 5.12. The van der Waals surface area contributed by atoms with Gasteiger partial charge in [0, 0.05) is 13.1 Å². The first-order chi connectivity index (χ1) is 6.68. The molecular formula is C10H26N4+2. The van der Waals surface area contributed by atoms with Crippen molar-refractivity contribution in [3.63, 3.8) is 0 Å². The largest absolute Gasteiger partial charge is 0.319 e. The summed E-state index contributed by atoms with van der Waals surface area (Å²) in [4.78, 5) is 2.97. The number of nitrogens with zero attached hydrogens (tertiary/aromatic N) is 1. The number of likely N-dealkylation sites (N-methyl/N-ethyl adjacent to an activating group) is 3. The van der Waals surface area contributed by atoms with Gasteiger partial charge in [-0.05, 0) is 14.1 Å². The summed E-state index contributed by atoms with van der Waals surface area (Å²) in [6, 6.07) is 0. The van der Waals surface area contributed by atoms with Crippen LogP contribution < -0.4 is 15.6 Å². The predicted octanol–water partition coefficient (Wildman–Crippen LogP) is -2.35. The van der Waals surface area contributed by atoms with Crippen molar-refractivity contribution in [3.05, 3.63) is 0 Å². The van der Waals surface area contributed by atoms with Crippen molar-refractivity contribution < 1.29 is 9.48 Å². The molecule has 0 amide bonds. The zero-order chi connectivity index (χ0) is 10.9. The molecule has 0 saturated carbocycles. The van der Waals surface area contributed by atoms with Crippen LogP contribution in [0.5, 0.6) is 0 Å². The molecule has 84 valence electrons. The number of hydrogen-bond acceptors (Lipinski definition) is 2. The van der Waals surface area contributed by atoms with Gasteiger partial charge in [0.2, 0.25) is 0 Å². The summed E-state index contributed by atoms with van der Waals surface area (Å²) < 4.78 is 1.09. The third-order valence-corrected chi connectivity index (χ3v) is 2.63. The van der Waals surface area contributed by atoms with E-state index in [2.05, 4.69) is 29.4 Å². The molecule has 0 rings (SSSR count). The Hall–Kier alpha value is -0.450. The number of rotatable bonds is 9. The Morgan fingerprint density at radius 1 is 1.07 bits per heavy atom. The fourth-order valence-electron chi connectivity index (χ4n) is 1.45. The average molecular weight is 202 g/mol. The van der Waals surface area contributed by atoms with Crippen LogP contribution in [0.4, 0.5) is 0 Å². The first-order valence-electron chi connectivity index (χ1n) is 5.31. The molecule has 0 aromatic heterocycles. The van der Waals surface area contributed by atoms with Crippen molar-refractivity contribution in [1.82, 2.24) is 10.6 Å². The van der Waals surface area contributed by atoms with Crippen LogP contribution in [-0.2, 0) is 0 Å². The van der Waals surface area contributed by atoms with Gasteiger partial charge >= 0.3 is 0 Å². The topological polar surface area (TPSA) is 38.0 Å². The van der Waals surface area contributed by atoms with E-state index in [1.807, 2.05) is 14.1 Å². The first kappa shape index (κ1) is 13.5. The molecular weight excluding hydrogens is 176 g/mol. The van der Waals surface area contributed by atoms with Gasteiger partial charge in [-0.1, -0.05) is 0 Å². The van der Waals surface area contributed by atoms with Crippen LogP contribution in [0.25, 0.3) is 0 Å². The van der Waals surface area contributed by atoms with E-state index in [4.69, 9.17) is 0 Å². The van der Waals surface area contributed by atoms with E-state index in [0.717, 1.165) is 30.7 Å². The van der Waals surface area contributed by atoms with Gasteiger partial charge in [0.25, 0.3) is 0 Å². The van der Waals surface area contributed by atoms with Crippen LogP contribution in [0, 0.1) is 0 Å². The summed E-state index contributed by atoms with van der Waals surface area (Å²) in [6.07, 6.45) is 0. The van der Waals surface area contributed by atoms with Gasteiger partial charge < -0.3 is 15.1 Å². The molecule has 0 saturated heterocycles. The zero-order valence-corrected chi connectivity index (χ0v) is 9.90. The summed E-state index contributed by atoms with van der Waals surface area (Å²) >= 11 is 0. The van der Waals surface area contributed by atoms with Gasteiger partial charge in [0.1, 0.15) is 13.3 Å². The molecule has 0 aliphatic rings. The van der Waals surface area contributed by atoms with Crippen molar-refractivity contribution >= 4 is 6.72 Å². The molecule has 4 heteroatoms. The lowest BCUT2D eigenvalue weighted by Gasteiger charge is -2.33. The number of nitrogens with one attached hydrogen (secondary N) is 3. The lowest BCUT2D eigenvalue weighted by molar-refractivity contribution is -0.913. The zero-order valence-electron chi connectivity index (χ0n) is 9.90. The van der Waals surface area contributed by atoms with E-state index < -0.39 is 0 Å². The van der Waals surface area contributed by atoms with E-state index in [0.29, 0.717) is 0 Å². The number of quaternary nitrogens is 1. The summed E-state index contributed by atoms with van der Waals surface area (Å²) in [7, 11) is 6.30. The molecule has 0 atom stereocenters. The monoisotopic (exact) mass is 202 g/mol. The Kier molecular flexibility index (Phi) is 7.65. The normalized spacial score (nSPS) is 11.6. The van der Waals surface area contributed by atoms with Crippen LogP contribution in [-0.4, -0.2) is 71.6 Å². The predicted molar refractivity (Wildman–Crippen MR) is 61.6 cm³/mol. The SMILES string of the molecule is C=[NH+]CC[N+](C)(CCNC)CCNC. The van der Waals surface area contributed by atoms with Crippen LogP contribution in [0.3, 0.4) is 0 Å². The second-order valence-corrected chi connectivity index (χ2v) is 4.00. The van der Waals surface area contributed by atoms with E-state index >= 15 is 0 Å². The molecule has 3 N–H and O–H groups in total. The van der Waals surface area contributed by atoms with Crippen molar-refractivity contribution in [2.75, 3.05) is 60.4 Å². The van der Waals surface area contributed by atoms with E-state index in [1.54, 1.807) is 0 Å². The molecule has 0 spiro atoms. The van der Waals surface area contributed by atoms with E-state index in [1.165, 1.54) is 13.1 Å². The lowest BCUT2D eigenvalue weighted by atomic mass is 10.3. The van der Waals surface area contributed by atoms with Crippen LogP contribution in [0.1, 0.15) is 0 Å². The van der Waals surface area contributed by atoms with Crippen LogP contribution in [0.2, 0.25) is 0 Å². The molecule has 0 aliphatic carbocycles. The number of hydrogen-bond donors (Lipinski definition) is 3. The van der Waals surface area contributed by atoms with Gasteiger partial charge in [0.15, 0.2) is 6.54 Å². The van der Waals surface area contributed by atoms with Gasteiger partial charge in [0.05, 0.1) is 20.1 Å². The Morgan fingerprint density at radius 3 is 1.93 bits per heavy atom. The highest BCUT2D eigenvalue weighted by atomic mass is 15.3. The van der Waals surface area contributed by atoms with Gasteiger partial charge in [-0.2, -0.15) is 0 Å². The summed E-state index contributed by atoms with van der Waals surface area (Å²) in [6.45, 7) is 10.2. The maximum Gasteiger partial charge on any atom is 0.188 e. The molecule has 0 bridgehead atoms. The minimum atomic E-state index is 0.976. The molecule has 0 unspecified atom stereocenters. The Morgan fingerprint density at radius 2 is 1.57 bits per heavy atom. The molecule has 0 aromatic carbocycles. The van der Waals surface area contributed by atoms with Crippen LogP contribution >= 0.6 is 0 Å². The molecule has 0 aromatic rings. The fourth-order valence-corrected chi connectivity index (χ4v) is 1.45. The van der Waals surface area contributed by atoms with Gasteiger partial charge in [-0.3, -0.25) is 0 Å². The van der Waals surface area contributed by atoms with Gasteiger partial charge in [-0.15, -0.1) is 0 Å². The fraction of sp³-hybridized carbons (Fsp3) is 0.900. The summed E-state index contributed by atoms with van der Waals surface area (Å²) in [5, 5.41) is 6.41. The average Bonchev–Trinajstić information content (AvgIpc) is 2.21. The lowest BCUT2D eigenvalue weighted by Crippen LogP contribution is -2.71. The molecule has 4 nitrogen and oxygen atoms in total. The second-order valence-electron chi connectivity index (χ2n) is 4.00. The minimum absolute atomic E-state index is 0.976. The van der Waals surface area contributed by atoms with Crippen LogP contribution in [0.15, 0.2) is 0 Å². The Balaban J connectivity index is 3.95. The Labute approximate surface area is 88.0 Å². The van der Waals surface area contributed by atoms with E-state index in [9.17, 15) is 0 Å². The first-order valence-corrected chi connectivity index (χ1v) is 5.31. The van der Waals surface area contributed by atoms with Crippen molar-refractivity contribution in [3.8, 4) is 0 Å². The maximum absolute atomic E-state index is 3.66. The minimum Gasteiger partial charge on any atom is -0.319 e. The molecule has 0 fully saturated rings. The summed E-state index contributed by atoms with van der Waals surface area (Å²) in [5.41, 5.74) is 0. The molecule has 0 radical (unpaired) electrons. The quantitative estimate of drug-likeness (QED) is 0.289. The second kappa shape index (κ2) is 7.91. The molecule has 14 heavy (non-hydrogen) atoms. The third-order valence-electron chi connectivity index (χ3n) is 2.63. The summed E-state index contributed by atoms with van der Waals surface area (Å²) in [5.74, 6) is 0.